The fourth-order valence-corrected chi connectivity index (χ4v) is 3.26. The van der Waals surface area contributed by atoms with Crippen LogP contribution >= 0.6 is 11.6 Å². The molecule has 2 amide bonds. The summed E-state index contributed by atoms with van der Waals surface area (Å²) < 4.78 is 0. The van der Waals surface area contributed by atoms with Gasteiger partial charge in [-0.05, 0) is 61.7 Å². The van der Waals surface area contributed by atoms with E-state index in [1.807, 2.05) is 19.1 Å². The number of anilines is 1. The Labute approximate surface area is 157 Å². The van der Waals surface area contributed by atoms with Crippen molar-refractivity contribution in [3.8, 4) is 5.75 Å². The number of rotatable bonds is 3. The Morgan fingerprint density at radius 1 is 1.12 bits per heavy atom. The number of piperidine rings is 1. The van der Waals surface area contributed by atoms with E-state index in [4.69, 9.17) is 11.6 Å². The van der Waals surface area contributed by atoms with Crippen LogP contribution in [0.2, 0.25) is 5.02 Å². The van der Waals surface area contributed by atoms with Crippen LogP contribution in [0.4, 0.5) is 10.5 Å². The topological polar surface area (TPSA) is 69.6 Å². The molecular weight excluding hydrogens is 352 g/mol. The minimum atomic E-state index is -0.180. The second-order valence-corrected chi connectivity index (χ2v) is 6.97. The number of carbonyl (C=O) groups excluding carboxylic acids is 2. The molecule has 26 heavy (non-hydrogen) atoms. The third kappa shape index (κ3) is 4.17. The van der Waals surface area contributed by atoms with E-state index in [9.17, 15) is 14.7 Å². The monoisotopic (exact) mass is 372 g/mol. The third-order valence-corrected chi connectivity index (χ3v) is 5.14. The second-order valence-electron chi connectivity index (χ2n) is 6.57. The highest BCUT2D eigenvalue weighted by atomic mass is 35.5. The van der Waals surface area contributed by atoms with Crippen molar-refractivity contribution in [2.45, 2.75) is 19.8 Å². The van der Waals surface area contributed by atoms with Gasteiger partial charge < -0.3 is 15.3 Å². The molecule has 3 rings (SSSR count). The van der Waals surface area contributed by atoms with Gasteiger partial charge in [-0.25, -0.2) is 4.79 Å². The molecule has 1 heterocycles. The average Bonchev–Trinajstić information content (AvgIpc) is 2.65. The van der Waals surface area contributed by atoms with Gasteiger partial charge in [-0.1, -0.05) is 17.7 Å². The van der Waals surface area contributed by atoms with E-state index in [-0.39, 0.29) is 23.5 Å². The largest absolute Gasteiger partial charge is 0.508 e. The Hall–Kier alpha value is -2.53. The maximum absolute atomic E-state index is 12.5. The summed E-state index contributed by atoms with van der Waals surface area (Å²) in [6, 6.07) is 11.5. The number of Topliss-reactive ketones (excluding diaryl/α,β-unsaturated/α-hetero) is 1. The minimum Gasteiger partial charge on any atom is -0.508 e. The predicted molar refractivity (Wildman–Crippen MR) is 102 cm³/mol. The number of benzene rings is 2. The first-order valence-electron chi connectivity index (χ1n) is 8.59. The van der Waals surface area contributed by atoms with E-state index >= 15 is 0 Å². The normalized spacial score (nSPS) is 14.9. The number of aryl methyl sites for hydroxylation is 1. The van der Waals surface area contributed by atoms with Crippen molar-refractivity contribution in [3.63, 3.8) is 0 Å². The molecule has 0 atom stereocenters. The van der Waals surface area contributed by atoms with Crippen molar-refractivity contribution in [1.82, 2.24) is 4.90 Å². The van der Waals surface area contributed by atoms with Crippen molar-refractivity contribution in [2.24, 2.45) is 5.92 Å². The fraction of sp³-hybridized carbons (Fsp3) is 0.300. The van der Waals surface area contributed by atoms with Crippen molar-refractivity contribution < 1.29 is 14.7 Å². The number of phenolic OH excluding ortho intramolecular Hbond substituents is 1. The summed E-state index contributed by atoms with van der Waals surface area (Å²) in [5.74, 6) is 0.108. The lowest BCUT2D eigenvalue weighted by Gasteiger charge is -2.31. The molecule has 0 aliphatic carbocycles. The van der Waals surface area contributed by atoms with Gasteiger partial charge in [0.25, 0.3) is 0 Å². The molecule has 5 nitrogen and oxygen atoms in total. The first-order chi connectivity index (χ1) is 12.4. The van der Waals surface area contributed by atoms with Gasteiger partial charge >= 0.3 is 6.03 Å². The van der Waals surface area contributed by atoms with Crippen LogP contribution in [0.15, 0.2) is 42.5 Å². The van der Waals surface area contributed by atoms with Crippen LogP contribution in [0.1, 0.15) is 28.8 Å². The summed E-state index contributed by atoms with van der Waals surface area (Å²) >= 11 is 6.09. The average molecular weight is 373 g/mol. The summed E-state index contributed by atoms with van der Waals surface area (Å²) in [7, 11) is 0. The molecule has 0 unspecified atom stereocenters. The van der Waals surface area contributed by atoms with Gasteiger partial charge in [-0.2, -0.15) is 0 Å². The lowest BCUT2D eigenvalue weighted by Crippen LogP contribution is -2.42. The highest BCUT2D eigenvalue weighted by molar-refractivity contribution is 6.31. The molecule has 6 heteroatoms. The van der Waals surface area contributed by atoms with Crippen LogP contribution in [0, 0.1) is 12.8 Å². The Kier molecular flexibility index (Phi) is 5.47. The number of hydrogen-bond donors (Lipinski definition) is 2. The van der Waals surface area contributed by atoms with Gasteiger partial charge in [0.2, 0.25) is 0 Å². The molecule has 1 aliphatic rings. The second kappa shape index (κ2) is 7.79. The molecule has 0 radical (unpaired) electrons. The van der Waals surface area contributed by atoms with Crippen molar-refractivity contribution in [1.29, 1.82) is 0 Å². The van der Waals surface area contributed by atoms with Gasteiger partial charge in [-0.3, -0.25) is 4.79 Å². The minimum absolute atomic E-state index is 0.0652. The number of urea groups is 1. The van der Waals surface area contributed by atoms with Crippen molar-refractivity contribution in [2.75, 3.05) is 18.4 Å². The van der Waals surface area contributed by atoms with Crippen molar-refractivity contribution >= 4 is 29.1 Å². The number of ketones is 1. The summed E-state index contributed by atoms with van der Waals surface area (Å²) in [6.45, 7) is 2.96. The van der Waals surface area contributed by atoms with Gasteiger partial charge in [-0.15, -0.1) is 0 Å². The zero-order chi connectivity index (χ0) is 18.7. The molecule has 0 aromatic heterocycles. The van der Waals surface area contributed by atoms with Crippen molar-refractivity contribution in [3.05, 3.63) is 58.6 Å². The highest BCUT2D eigenvalue weighted by Gasteiger charge is 2.28. The standard InChI is InChI=1S/C20H21ClN2O3/c1-13-2-5-16(12-18(13)21)22-20(26)23-10-8-15(9-11-23)19(25)14-3-6-17(24)7-4-14/h2-7,12,15,24H,8-11H2,1H3,(H,22,26). The van der Waals surface area contributed by atoms with Gasteiger partial charge in [0.05, 0.1) is 0 Å². The molecule has 1 aliphatic heterocycles. The molecule has 1 fully saturated rings. The maximum Gasteiger partial charge on any atom is 0.321 e. The number of aromatic hydroxyl groups is 1. The zero-order valence-corrected chi connectivity index (χ0v) is 15.3. The Morgan fingerprint density at radius 2 is 1.77 bits per heavy atom. The summed E-state index contributed by atoms with van der Waals surface area (Å²) in [6.07, 6.45) is 1.25. The smallest absolute Gasteiger partial charge is 0.321 e. The molecule has 2 N–H and O–H groups in total. The van der Waals surface area contributed by atoms with E-state index in [1.165, 1.54) is 12.1 Å². The Morgan fingerprint density at radius 3 is 2.38 bits per heavy atom. The van der Waals surface area contributed by atoms with E-state index < -0.39 is 0 Å². The lowest BCUT2D eigenvalue weighted by atomic mass is 9.89. The number of nitrogens with one attached hydrogen (secondary N) is 1. The van der Waals surface area contributed by atoms with Crippen LogP contribution in [0.25, 0.3) is 0 Å². The van der Waals surface area contributed by atoms with E-state index in [0.717, 1.165) is 5.56 Å². The quantitative estimate of drug-likeness (QED) is 0.780. The highest BCUT2D eigenvalue weighted by Crippen LogP contribution is 2.24. The van der Waals surface area contributed by atoms with E-state index in [1.54, 1.807) is 23.1 Å². The number of phenols is 1. The van der Waals surface area contributed by atoms with Crippen LogP contribution in [-0.2, 0) is 0 Å². The molecule has 1 saturated heterocycles. The van der Waals surface area contributed by atoms with E-state index in [0.29, 0.717) is 42.2 Å². The van der Waals surface area contributed by atoms with Crippen LogP contribution < -0.4 is 5.32 Å². The molecule has 0 saturated carbocycles. The van der Waals surface area contributed by atoms with Crippen LogP contribution in [-0.4, -0.2) is 34.9 Å². The van der Waals surface area contributed by atoms with Gasteiger partial charge in [0.1, 0.15) is 5.75 Å². The van der Waals surface area contributed by atoms with Gasteiger partial charge in [0, 0.05) is 35.3 Å². The molecule has 2 aromatic carbocycles. The zero-order valence-electron chi connectivity index (χ0n) is 14.5. The molecule has 0 spiro atoms. The van der Waals surface area contributed by atoms with Gasteiger partial charge in [0.15, 0.2) is 5.78 Å². The molecule has 136 valence electrons. The van der Waals surface area contributed by atoms with Crippen LogP contribution in [0.3, 0.4) is 0 Å². The molecular formula is C20H21ClN2O3. The Bertz CT molecular complexity index is 812. The summed E-state index contributed by atoms with van der Waals surface area (Å²) in [5.41, 5.74) is 2.21. The number of carbonyl (C=O) groups is 2. The number of hydrogen-bond acceptors (Lipinski definition) is 3. The lowest BCUT2D eigenvalue weighted by molar-refractivity contribution is 0.0859. The first kappa shape index (κ1) is 18.3. The number of likely N-dealkylation sites (tertiary alicyclic amines) is 1. The number of amides is 2. The molecule has 2 aromatic rings. The maximum atomic E-state index is 12.5. The SMILES string of the molecule is Cc1ccc(NC(=O)N2CCC(C(=O)c3ccc(O)cc3)CC2)cc1Cl. The summed E-state index contributed by atoms with van der Waals surface area (Å²) in [4.78, 5) is 26.7. The summed E-state index contributed by atoms with van der Waals surface area (Å²) in [5, 5.41) is 12.8. The van der Waals surface area contributed by atoms with Crippen LogP contribution in [0.5, 0.6) is 5.75 Å². The number of nitrogens with zero attached hydrogens (tertiary/aromatic N) is 1. The molecule has 0 bridgehead atoms. The predicted octanol–water partition coefficient (Wildman–Crippen LogP) is 4.48. The first-order valence-corrected chi connectivity index (χ1v) is 8.97. The Balaban J connectivity index is 1.55. The van der Waals surface area contributed by atoms with E-state index in [2.05, 4.69) is 5.32 Å². The third-order valence-electron chi connectivity index (χ3n) is 4.73. The number of halogens is 1. The fourth-order valence-electron chi connectivity index (χ4n) is 3.08.